The third-order valence-electron chi connectivity index (χ3n) is 5.08. The van der Waals surface area contributed by atoms with E-state index < -0.39 is 0 Å². The van der Waals surface area contributed by atoms with Crippen LogP contribution in [0.5, 0.6) is 0 Å². The van der Waals surface area contributed by atoms with Crippen LogP contribution in [-0.2, 0) is 0 Å². The average molecular weight is 296 g/mol. The molecule has 0 N–H and O–H groups in total. The Morgan fingerprint density at radius 1 is 0.909 bits per heavy atom. The van der Waals surface area contributed by atoms with Crippen molar-refractivity contribution in [2.75, 3.05) is 0 Å². The van der Waals surface area contributed by atoms with Crippen molar-refractivity contribution in [1.29, 1.82) is 0 Å². The molecular formula is C22H32. The Kier molecular flexibility index (Phi) is 6.49. The Hall–Kier alpha value is -1.30. The maximum atomic E-state index is 2.50. The molecule has 1 atom stereocenters. The number of allylic oxidation sites excluding steroid dienone is 10. The van der Waals surface area contributed by atoms with E-state index in [1.54, 1.807) is 5.57 Å². The zero-order chi connectivity index (χ0) is 15.8. The van der Waals surface area contributed by atoms with Gasteiger partial charge in [-0.15, -0.1) is 0 Å². The zero-order valence-electron chi connectivity index (χ0n) is 14.6. The van der Waals surface area contributed by atoms with Crippen molar-refractivity contribution in [3.05, 3.63) is 59.8 Å². The van der Waals surface area contributed by atoms with Crippen LogP contribution in [-0.4, -0.2) is 0 Å². The van der Waals surface area contributed by atoms with Crippen molar-refractivity contribution in [3.63, 3.8) is 0 Å². The monoisotopic (exact) mass is 296 g/mol. The zero-order valence-corrected chi connectivity index (χ0v) is 14.6. The highest BCUT2D eigenvalue weighted by molar-refractivity contribution is 5.45. The van der Waals surface area contributed by atoms with Gasteiger partial charge >= 0.3 is 0 Å². The summed E-state index contributed by atoms with van der Waals surface area (Å²) in [6.45, 7) is 6.26. The third kappa shape index (κ3) is 3.72. The van der Waals surface area contributed by atoms with Crippen LogP contribution in [0.3, 0.4) is 0 Å². The van der Waals surface area contributed by atoms with Gasteiger partial charge in [-0.2, -0.15) is 0 Å². The first kappa shape index (κ1) is 17.1. The first-order valence-electron chi connectivity index (χ1n) is 9.26. The topological polar surface area (TPSA) is 0 Å². The summed E-state index contributed by atoms with van der Waals surface area (Å²) in [6, 6.07) is 0. The Bertz CT molecular complexity index is 490. The van der Waals surface area contributed by atoms with Gasteiger partial charge in [0.15, 0.2) is 0 Å². The second-order valence-corrected chi connectivity index (χ2v) is 6.51. The Morgan fingerprint density at radius 3 is 2.36 bits per heavy atom. The van der Waals surface area contributed by atoms with Crippen LogP contribution in [0.4, 0.5) is 0 Å². The molecule has 22 heavy (non-hydrogen) atoms. The first-order chi connectivity index (χ1) is 10.8. The molecular weight excluding hydrogens is 264 g/mol. The van der Waals surface area contributed by atoms with E-state index in [9.17, 15) is 0 Å². The molecule has 0 radical (unpaired) electrons. The summed E-state index contributed by atoms with van der Waals surface area (Å²) in [6.07, 6.45) is 28.2. The van der Waals surface area contributed by atoms with Gasteiger partial charge in [-0.1, -0.05) is 88.6 Å². The van der Waals surface area contributed by atoms with Gasteiger partial charge in [-0.25, -0.2) is 0 Å². The summed E-state index contributed by atoms with van der Waals surface area (Å²) in [5.74, 6) is 0.556. The lowest BCUT2D eigenvalue weighted by Gasteiger charge is -2.41. The molecule has 0 heterocycles. The van der Waals surface area contributed by atoms with E-state index in [1.165, 1.54) is 50.5 Å². The van der Waals surface area contributed by atoms with Gasteiger partial charge in [-0.05, 0) is 42.7 Å². The molecule has 120 valence electrons. The lowest BCUT2D eigenvalue weighted by molar-refractivity contribution is 0.299. The summed E-state index contributed by atoms with van der Waals surface area (Å²) in [7, 11) is 0. The van der Waals surface area contributed by atoms with Crippen molar-refractivity contribution >= 4 is 0 Å². The minimum Gasteiger partial charge on any atom is -0.0839 e. The van der Waals surface area contributed by atoms with Crippen molar-refractivity contribution in [3.8, 4) is 0 Å². The van der Waals surface area contributed by atoms with Crippen LogP contribution in [0.2, 0.25) is 0 Å². The minimum absolute atomic E-state index is 0.292. The normalized spacial score (nSPS) is 26.4. The highest BCUT2D eigenvalue weighted by atomic mass is 14.4. The van der Waals surface area contributed by atoms with Gasteiger partial charge in [-0.3, -0.25) is 0 Å². The van der Waals surface area contributed by atoms with Crippen LogP contribution in [0.1, 0.15) is 65.7 Å². The molecule has 3 aliphatic rings. The second-order valence-electron chi connectivity index (χ2n) is 6.51. The summed E-state index contributed by atoms with van der Waals surface area (Å²) in [4.78, 5) is 0. The highest BCUT2D eigenvalue weighted by Gasteiger charge is 2.37. The summed E-state index contributed by atoms with van der Waals surface area (Å²) in [5.41, 5.74) is 3.41. The molecule has 0 aliphatic heterocycles. The SMILES string of the molecule is CC.CC1C=CC=C(C2(C3=CCCC=C3)CCCCC2)C=C1. The maximum absolute atomic E-state index is 2.50. The lowest BCUT2D eigenvalue weighted by Crippen LogP contribution is -2.28. The molecule has 0 heteroatoms. The van der Waals surface area contributed by atoms with Crippen molar-refractivity contribution in [2.24, 2.45) is 11.3 Å². The van der Waals surface area contributed by atoms with E-state index in [0.717, 1.165) is 0 Å². The van der Waals surface area contributed by atoms with Crippen LogP contribution < -0.4 is 0 Å². The van der Waals surface area contributed by atoms with Gasteiger partial charge in [0, 0.05) is 5.41 Å². The molecule has 1 saturated carbocycles. The smallest absolute Gasteiger partial charge is 0.0199 e. The van der Waals surface area contributed by atoms with Gasteiger partial charge < -0.3 is 0 Å². The van der Waals surface area contributed by atoms with Gasteiger partial charge in [0.25, 0.3) is 0 Å². The minimum atomic E-state index is 0.292. The molecule has 0 bridgehead atoms. The van der Waals surface area contributed by atoms with E-state index in [4.69, 9.17) is 0 Å². The first-order valence-corrected chi connectivity index (χ1v) is 9.26. The molecule has 0 aromatic heterocycles. The number of hydrogen-bond donors (Lipinski definition) is 0. The van der Waals surface area contributed by atoms with E-state index >= 15 is 0 Å². The van der Waals surface area contributed by atoms with Crippen LogP contribution in [0, 0.1) is 11.3 Å². The lowest BCUT2D eigenvalue weighted by atomic mass is 9.63. The van der Waals surface area contributed by atoms with Gasteiger partial charge in [0.05, 0.1) is 0 Å². The van der Waals surface area contributed by atoms with Crippen LogP contribution in [0.15, 0.2) is 59.8 Å². The quantitative estimate of drug-likeness (QED) is 0.518. The van der Waals surface area contributed by atoms with E-state index in [2.05, 4.69) is 55.5 Å². The molecule has 0 aromatic carbocycles. The largest absolute Gasteiger partial charge is 0.0839 e. The predicted molar refractivity (Wildman–Crippen MR) is 98.9 cm³/mol. The van der Waals surface area contributed by atoms with E-state index in [0.29, 0.717) is 11.3 Å². The second kappa shape index (κ2) is 8.36. The predicted octanol–water partition coefficient (Wildman–Crippen LogP) is 6.93. The Balaban J connectivity index is 0.000000847. The molecule has 0 amide bonds. The molecule has 0 saturated heterocycles. The van der Waals surface area contributed by atoms with E-state index in [-0.39, 0.29) is 0 Å². The molecule has 3 aliphatic carbocycles. The van der Waals surface area contributed by atoms with Crippen LogP contribution in [0.25, 0.3) is 0 Å². The van der Waals surface area contributed by atoms with Crippen molar-refractivity contribution in [2.45, 2.75) is 65.7 Å². The Labute approximate surface area is 137 Å². The maximum Gasteiger partial charge on any atom is 0.0199 e. The molecule has 3 rings (SSSR count). The fraction of sp³-hybridized carbons (Fsp3) is 0.545. The van der Waals surface area contributed by atoms with Gasteiger partial charge in [0.2, 0.25) is 0 Å². The standard InChI is InChI=1S/C20H26.C2H6/c1-17-9-8-12-19(14-13-17)20(15-6-3-7-16-20)18-10-4-2-5-11-18;1-2/h4,8-14,17H,2-3,5-7,15-16H2,1H3;1-2H3. The molecule has 0 aromatic rings. The fourth-order valence-corrected chi connectivity index (χ4v) is 3.90. The van der Waals surface area contributed by atoms with Gasteiger partial charge in [0.1, 0.15) is 0 Å². The highest BCUT2D eigenvalue weighted by Crippen LogP contribution is 2.50. The molecule has 1 unspecified atom stereocenters. The number of rotatable bonds is 2. The molecule has 0 spiro atoms. The summed E-state index contributed by atoms with van der Waals surface area (Å²) < 4.78 is 0. The van der Waals surface area contributed by atoms with Crippen molar-refractivity contribution in [1.82, 2.24) is 0 Å². The fourth-order valence-electron chi connectivity index (χ4n) is 3.90. The Morgan fingerprint density at radius 2 is 1.68 bits per heavy atom. The van der Waals surface area contributed by atoms with Crippen molar-refractivity contribution < 1.29 is 0 Å². The third-order valence-corrected chi connectivity index (χ3v) is 5.08. The number of hydrogen-bond acceptors (Lipinski definition) is 0. The molecule has 1 fully saturated rings. The summed E-state index contributed by atoms with van der Waals surface area (Å²) >= 11 is 0. The summed E-state index contributed by atoms with van der Waals surface area (Å²) in [5, 5.41) is 0. The van der Waals surface area contributed by atoms with Crippen LogP contribution >= 0.6 is 0 Å². The molecule has 0 nitrogen and oxygen atoms in total. The van der Waals surface area contributed by atoms with E-state index in [1.807, 2.05) is 13.8 Å². The average Bonchev–Trinajstić information content (AvgIpc) is 2.83.